The lowest BCUT2D eigenvalue weighted by molar-refractivity contribution is -0.139. The number of amides is 4. The molecule has 0 spiro atoms. The molecule has 1 atom stereocenters. The van der Waals surface area contributed by atoms with Gasteiger partial charge in [-0.05, 0) is 44.1 Å². The number of carbonyl (C=O) groups is 3. The molecule has 6 nitrogen and oxygen atoms in total. The Bertz CT molecular complexity index is 627. The first kappa shape index (κ1) is 16.0. The maximum absolute atomic E-state index is 12.6. The molecule has 2 fully saturated rings. The lowest BCUT2D eigenvalue weighted by Crippen LogP contribution is -2.47. The van der Waals surface area contributed by atoms with E-state index in [2.05, 4.69) is 5.32 Å². The third-order valence-electron chi connectivity index (χ3n) is 4.65. The van der Waals surface area contributed by atoms with Crippen LogP contribution >= 0.6 is 11.3 Å². The van der Waals surface area contributed by atoms with Crippen LogP contribution in [0.2, 0.25) is 0 Å². The minimum atomic E-state index is -0.831. The van der Waals surface area contributed by atoms with Crippen molar-refractivity contribution in [2.75, 3.05) is 13.1 Å². The van der Waals surface area contributed by atoms with Gasteiger partial charge >= 0.3 is 6.03 Å². The fraction of sp³-hybridized carbons (Fsp3) is 0.562. The van der Waals surface area contributed by atoms with Gasteiger partial charge in [0.05, 0.1) is 6.54 Å². The van der Waals surface area contributed by atoms with Gasteiger partial charge in [0.2, 0.25) is 5.91 Å². The molecule has 1 saturated heterocycles. The molecule has 124 valence electrons. The Morgan fingerprint density at radius 1 is 1.48 bits per heavy atom. The van der Waals surface area contributed by atoms with Crippen molar-refractivity contribution in [3.8, 4) is 0 Å². The highest BCUT2D eigenvalue weighted by Gasteiger charge is 2.56. The van der Waals surface area contributed by atoms with Gasteiger partial charge in [0.15, 0.2) is 0 Å². The highest BCUT2D eigenvalue weighted by Crippen LogP contribution is 2.42. The smallest absolute Gasteiger partial charge is 0.325 e. The summed E-state index contributed by atoms with van der Waals surface area (Å²) in [6.45, 7) is 4.52. The van der Waals surface area contributed by atoms with Gasteiger partial charge in [-0.3, -0.25) is 14.5 Å². The molecule has 7 heteroatoms. The quantitative estimate of drug-likeness (QED) is 0.806. The molecule has 4 amide bonds. The summed E-state index contributed by atoms with van der Waals surface area (Å²) in [6.07, 6.45) is 1.90. The van der Waals surface area contributed by atoms with Crippen molar-refractivity contribution in [1.82, 2.24) is 15.1 Å². The fourth-order valence-corrected chi connectivity index (χ4v) is 3.72. The third-order valence-corrected chi connectivity index (χ3v) is 5.51. The number of likely N-dealkylation sites (N-methyl/N-ethyl adjacent to an activating group) is 1. The van der Waals surface area contributed by atoms with Crippen molar-refractivity contribution < 1.29 is 14.4 Å². The maximum Gasteiger partial charge on any atom is 0.325 e. The van der Waals surface area contributed by atoms with Crippen LogP contribution in [0.5, 0.6) is 0 Å². The van der Waals surface area contributed by atoms with Gasteiger partial charge in [0, 0.05) is 11.4 Å². The summed E-state index contributed by atoms with van der Waals surface area (Å²) in [4.78, 5) is 41.0. The first-order valence-corrected chi connectivity index (χ1v) is 8.78. The van der Waals surface area contributed by atoms with E-state index in [0.29, 0.717) is 13.1 Å². The highest BCUT2D eigenvalue weighted by molar-refractivity contribution is 7.09. The Hall–Kier alpha value is -1.89. The predicted molar refractivity (Wildman–Crippen MR) is 86.8 cm³/mol. The number of thiophene rings is 1. The molecule has 1 aliphatic carbocycles. The van der Waals surface area contributed by atoms with Gasteiger partial charge in [-0.25, -0.2) is 4.79 Å². The Balaban J connectivity index is 1.66. The molecule has 0 radical (unpaired) electrons. The van der Waals surface area contributed by atoms with Crippen molar-refractivity contribution in [3.63, 3.8) is 0 Å². The number of rotatable bonds is 6. The number of nitrogens with one attached hydrogen (secondary N) is 1. The molecule has 1 aromatic rings. The topological polar surface area (TPSA) is 69.7 Å². The average Bonchev–Trinajstić information content (AvgIpc) is 3.22. The largest absolute Gasteiger partial charge is 0.336 e. The first-order chi connectivity index (χ1) is 11.0. The summed E-state index contributed by atoms with van der Waals surface area (Å²) in [7, 11) is 0. The molecular weight excluding hydrogens is 314 g/mol. The van der Waals surface area contributed by atoms with E-state index in [0.717, 1.165) is 22.6 Å². The second kappa shape index (κ2) is 5.96. The maximum atomic E-state index is 12.6. The van der Waals surface area contributed by atoms with Crippen molar-refractivity contribution >= 4 is 29.2 Å². The Morgan fingerprint density at radius 2 is 2.22 bits per heavy atom. The SMILES string of the molecule is CCN(Cc1cccs1)C(=O)CN1C(=O)NC(C)(C2CC2)C1=O. The average molecular weight is 335 g/mol. The van der Waals surface area contributed by atoms with Crippen LogP contribution in [0.15, 0.2) is 17.5 Å². The van der Waals surface area contributed by atoms with Crippen LogP contribution in [-0.2, 0) is 16.1 Å². The number of imide groups is 1. The van der Waals surface area contributed by atoms with E-state index in [4.69, 9.17) is 0 Å². The van der Waals surface area contributed by atoms with Gasteiger partial charge in [-0.1, -0.05) is 6.07 Å². The summed E-state index contributed by atoms with van der Waals surface area (Å²) in [5.74, 6) is -0.276. The van der Waals surface area contributed by atoms with Crippen LogP contribution < -0.4 is 5.32 Å². The van der Waals surface area contributed by atoms with Gasteiger partial charge in [0.1, 0.15) is 12.1 Å². The second-order valence-electron chi connectivity index (χ2n) is 6.29. The molecule has 1 N–H and O–H groups in total. The Labute approximate surface area is 139 Å². The third kappa shape index (κ3) is 2.97. The number of carbonyl (C=O) groups excluding carboxylic acids is 3. The summed E-state index contributed by atoms with van der Waals surface area (Å²) in [5, 5.41) is 4.73. The minimum absolute atomic E-state index is 0.188. The standard InChI is InChI=1S/C16H21N3O3S/c1-3-18(9-12-5-4-8-23-12)13(20)10-19-14(21)16(2,11-6-7-11)17-15(19)22/h4-5,8,11H,3,6-7,9-10H2,1-2H3,(H,17,22). The molecule has 1 unspecified atom stereocenters. The van der Waals surface area contributed by atoms with Crippen LogP contribution in [0.1, 0.15) is 31.6 Å². The van der Waals surface area contributed by atoms with Crippen LogP contribution in [0, 0.1) is 5.92 Å². The zero-order valence-corrected chi connectivity index (χ0v) is 14.2. The van der Waals surface area contributed by atoms with E-state index >= 15 is 0 Å². The molecule has 2 heterocycles. The second-order valence-corrected chi connectivity index (χ2v) is 7.32. The molecule has 2 aliphatic rings. The van der Waals surface area contributed by atoms with E-state index in [1.165, 1.54) is 0 Å². The lowest BCUT2D eigenvalue weighted by Gasteiger charge is -2.24. The van der Waals surface area contributed by atoms with Gasteiger partial charge in [-0.15, -0.1) is 11.3 Å². The Kier molecular flexibility index (Phi) is 4.14. The minimum Gasteiger partial charge on any atom is -0.336 e. The molecule has 0 bridgehead atoms. The van der Waals surface area contributed by atoms with E-state index in [9.17, 15) is 14.4 Å². The summed E-state index contributed by atoms with van der Waals surface area (Å²) >= 11 is 1.59. The fourth-order valence-electron chi connectivity index (χ4n) is 3.00. The number of nitrogens with zero attached hydrogens (tertiary/aromatic N) is 2. The zero-order valence-electron chi connectivity index (χ0n) is 13.4. The van der Waals surface area contributed by atoms with Crippen LogP contribution in [-0.4, -0.2) is 46.3 Å². The molecule has 1 saturated carbocycles. The van der Waals surface area contributed by atoms with Crippen LogP contribution in [0.4, 0.5) is 4.79 Å². The van der Waals surface area contributed by atoms with Crippen LogP contribution in [0.25, 0.3) is 0 Å². The molecule has 23 heavy (non-hydrogen) atoms. The molecular formula is C16H21N3O3S. The number of hydrogen-bond acceptors (Lipinski definition) is 4. The lowest BCUT2D eigenvalue weighted by atomic mass is 9.96. The summed E-state index contributed by atoms with van der Waals surface area (Å²) in [6, 6.07) is 3.46. The monoisotopic (exact) mass is 335 g/mol. The van der Waals surface area contributed by atoms with E-state index in [1.54, 1.807) is 23.2 Å². The van der Waals surface area contributed by atoms with Crippen LogP contribution in [0.3, 0.4) is 0 Å². The highest BCUT2D eigenvalue weighted by atomic mass is 32.1. The number of urea groups is 1. The number of hydrogen-bond donors (Lipinski definition) is 1. The van der Waals surface area contributed by atoms with Gasteiger partial charge in [0.25, 0.3) is 5.91 Å². The predicted octanol–water partition coefficient (Wildman–Crippen LogP) is 1.82. The van der Waals surface area contributed by atoms with Crippen molar-refractivity contribution in [3.05, 3.63) is 22.4 Å². The van der Waals surface area contributed by atoms with Gasteiger partial charge in [-0.2, -0.15) is 0 Å². The van der Waals surface area contributed by atoms with Gasteiger partial charge < -0.3 is 10.2 Å². The molecule has 1 aliphatic heterocycles. The molecule has 3 rings (SSSR count). The van der Waals surface area contributed by atoms with Crippen molar-refractivity contribution in [1.29, 1.82) is 0 Å². The van der Waals surface area contributed by atoms with Crippen molar-refractivity contribution in [2.24, 2.45) is 5.92 Å². The summed E-state index contributed by atoms with van der Waals surface area (Å²) in [5.41, 5.74) is -0.831. The zero-order chi connectivity index (χ0) is 16.6. The Morgan fingerprint density at radius 3 is 2.78 bits per heavy atom. The van der Waals surface area contributed by atoms with E-state index in [1.807, 2.05) is 24.4 Å². The molecule has 0 aromatic carbocycles. The molecule has 1 aromatic heterocycles. The first-order valence-electron chi connectivity index (χ1n) is 7.90. The van der Waals surface area contributed by atoms with Crippen molar-refractivity contribution in [2.45, 2.75) is 38.8 Å². The van der Waals surface area contributed by atoms with E-state index < -0.39 is 11.6 Å². The van der Waals surface area contributed by atoms with E-state index in [-0.39, 0.29) is 24.3 Å². The summed E-state index contributed by atoms with van der Waals surface area (Å²) < 4.78 is 0. The normalized spacial score (nSPS) is 24.0.